The molecule has 1 aliphatic rings. The quantitative estimate of drug-likeness (QED) is 0.180. The van der Waals surface area contributed by atoms with Crippen molar-refractivity contribution in [2.45, 2.75) is 19.4 Å². The van der Waals surface area contributed by atoms with Crippen molar-refractivity contribution in [3.8, 4) is 16.9 Å². The molecule has 1 aliphatic heterocycles. The molecule has 5 rings (SSSR count). The molecule has 0 saturated carbocycles. The second kappa shape index (κ2) is 11.9. The van der Waals surface area contributed by atoms with E-state index in [9.17, 15) is 19.7 Å². The lowest BCUT2D eigenvalue weighted by molar-refractivity contribution is -0.384. The zero-order valence-corrected chi connectivity index (χ0v) is 23.9. The van der Waals surface area contributed by atoms with Crippen LogP contribution in [0.15, 0.2) is 48.8 Å². The Morgan fingerprint density at radius 3 is 2.41 bits per heavy atom. The summed E-state index contributed by atoms with van der Waals surface area (Å²) >= 11 is 18.3. The van der Waals surface area contributed by atoms with Gasteiger partial charge in [-0.15, -0.1) is 5.10 Å². The van der Waals surface area contributed by atoms with Crippen molar-refractivity contribution in [1.29, 1.82) is 0 Å². The standard InChI is InChI=1S/C26H23Cl3N8O4/c1-34-14-19(24(32-34)15-2-4-18(5-3-15)37(40)41)26(39)35-8-6-16(7-9-35)25(38)30-12-17-13-36(33-31-17)23-11-21(28)20(27)10-22(23)29/h2-5,10-11,13-14,16H,6-9,12H2,1H3,(H,30,38). The molecule has 12 nitrogen and oxygen atoms in total. The minimum atomic E-state index is -0.480. The molecule has 3 heterocycles. The Bertz CT molecular complexity index is 1630. The molecule has 15 heteroatoms. The summed E-state index contributed by atoms with van der Waals surface area (Å²) in [6, 6.07) is 9.01. The van der Waals surface area contributed by atoms with Gasteiger partial charge in [0.1, 0.15) is 11.4 Å². The highest BCUT2D eigenvalue weighted by molar-refractivity contribution is 6.43. The molecule has 1 fully saturated rings. The summed E-state index contributed by atoms with van der Waals surface area (Å²) < 4.78 is 3.00. The fourth-order valence-corrected chi connectivity index (χ4v) is 5.25. The number of rotatable bonds is 7. The third kappa shape index (κ3) is 6.19. The number of aryl methyl sites for hydroxylation is 1. The first-order chi connectivity index (χ1) is 19.6. The zero-order chi connectivity index (χ0) is 29.3. The van der Waals surface area contributed by atoms with E-state index in [0.717, 1.165) is 0 Å². The van der Waals surface area contributed by atoms with Crippen molar-refractivity contribution in [2.75, 3.05) is 13.1 Å². The number of piperidine rings is 1. The van der Waals surface area contributed by atoms with Gasteiger partial charge >= 0.3 is 0 Å². The number of hydrogen-bond donors (Lipinski definition) is 1. The highest BCUT2D eigenvalue weighted by Gasteiger charge is 2.30. The van der Waals surface area contributed by atoms with Gasteiger partial charge in [0.2, 0.25) is 5.91 Å². The number of nitro groups is 1. The molecule has 212 valence electrons. The lowest BCUT2D eigenvalue weighted by Gasteiger charge is -2.31. The van der Waals surface area contributed by atoms with E-state index in [1.54, 1.807) is 42.5 Å². The normalized spacial score (nSPS) is 13.8. The number of nitrogens with zero attached hydrogens (tertiary/aromatic N) is 7. The van der Waals surface area contributed by atoms with Crippen LogP contribution in [0.2, 0.25) is 15.1 Å². The predicted molar refractivity (Wildman–Crippen MR) is 152 cm³/mol. The Morgan fingerprint density at radius 2 is 1.73 bits per heavy atom. The van der Waals surface area contributed by atoms with Gasteiger partial charge in [-0.2, -0.15) is 5.10 Å². The minimum Gasteiger partial charge on any atom is -0.350 e. The van der Waals surface area contributed by atoms with Crippen LogP contribution in [0.4, 0.5) is 5.69 Å². The van der Waals surface area contributed by atoms with Crippen LogP contribution in [0.1, 0.15) is 28.9 Å². The molecule has 0 radical (unpaired) electrons. The Morgan fingerprint density at radius 1 is 1.05 bits per heavy atom. The molecule has 2 amide bonds. The summed E-state index contributed by atoms with van der Waals surface area (Å²) in [6.45, 7) is 0.972. The maximum atomic E-state index is 13.4. The first kappa shape index (κ1) is 28.5. The maximum absolute atomic E-state index is 13.4. The summed E-state index contributed by atoms with van der Waals surface area (Å²) in [6.07, 6.45) is 4.27. The van der Waals surface area contributed by atoms with E-state index < -0.39 is 4.92 Å². The van der Waals surface area contributed by atoms with Gasteiger partial charge in [-0.05, 0) is 37.1 Å². The predicted octanol–water partition coefficient (Wildman–Crippen LogP) is 4.70. The van der Waals surface area contributed by atoms with E-state index in [2.05, 4.69) is 20.7 Å². The number of halogens is 3. The molecule has 0 unspecified atom stereocenters. The van der Waals surface area contributed by atoms with Crippen molar-refractivity contribution in [2.24, 2.45) is 13.0 Å². The van der Waals surface area contributed by atoms with Gasteiger partial charge in [0.15, 0.2) is 0 Å². The minimum absolute atomic E-state index is 0.0432. The van der Waals surface area contributed by atoms with Gasteiger partial charge in [0.25, 0.3) is 11.6 Å². The van der Waals surface area contributed by atoms with Crippen LogP contribution in [0.5, 0.6) is 0 Å². The molecule has 0 atom stereocenters. The van der Waals surface area contributed by atoms with Crippen molar-refractivity contribution >= 4 is 52.3 Å². The number of non-ortho nitro benzene ring substituents is 1. The van der Waals surface area contributed by atoms with Crippen LogP contribution in [0.25, 0.3) is 16.9 Å². The van der Waals surface area contributed by atoms with E-state index in [0.29, 0.717) is 69.2 Å². The second-order valence-corrected chi connectivity index (χ2v) is 10.7. The molecular weight excluding hydrogens is 595 g/mol. The molecule has 1 N–H and O–H groups in total. The van der Waals surface area contributed by atoms with Crippen molar-refractivity contribution in [1.82, 2.24) is 35.0 Å². The first-order valence-electron chi connectivity index (χ1n) is 12.5. The monoisotopic (exact) mass is 616 g/mol. The Hall–Kier alpha value is -4.00. The van der Waals surface area contributed by atoms with Crippen LogP contribution in [0, 0.1) is 16.0 Å². The number of nitrogens with one attached hydrogen (secondary N) is 1. The highest BCUT2D eigenvalue weighted by atomic mass is 35.5. The Kier molecular flexibility index (Phi) is 8.25. The summed E-state index contributed by atoms with van der Waals surface area (Å²) in [5, 5.41) is 27.4. The summed E-state index contributed by atoms with van der Waals surface area (Å²) in [5.41, 5.74) is 2.44. The van der Waals surface area contributed by atoms with Gasteiger partial charge < -0.3 is 10.2 Å². The molecule has 2 aromatic carbocycles. The maximum Gasteiger partial charge on any atom is 0.269 e. The molecule has 0 bridgehead atoms. The third-order valence-corrected chi connectivity index (χ3v) is 7.81. The van der Waals surface area contributed by atoms with Gasteiger partial charge in [-0.25, -0.2) is 4.68 Å². The van der Waals surface area contributed by atoms with Gasteiger partial charge in [0.05, 0.1) is 44.0 Å². The largest absolute Gasteiger partial charge is 0.350 e. The fourth-order valence-electron chi connectivity index (χ4n) is 4.62. The van der Waals surface area contributed by atoms with Gasteiger partial charge in [0, 0.05) is 49.9 Å². The SMILES string of the molecule is Cn1cc(C(=O)N2CCC(C(=O)NCc3cn(-c4cc(Cl)c(Cl)cc4Cl)nn3)CC2)c(-c2ccc([N+](=O)[O-])cc2)n1. The average molecular weight is 618 g/mol. The number of nitro benzene ring substituents is 1. The smallest absolute Gasteiger partial charge is 0.269 e. The number of amides is 2. The van der Waals surface area contributed by atoms with E-state index >= 15 is 0 Å². The lowest BCUT2D eigenvalue weighted by Crippen LogP contribution is -2.43. The molecule has 1 saturated heterocycles. The topological polar surface area (TPSA) is 141 Å². The van der Waals surface area contributed by atoms with Crippen molar-refractivity contribution in [3.63, 3.8) is 0 Å². The Labute approximate surface area is 248 Å². The van der Waals surface area contributed by atoms with Crippen LogP contribution < -0.4 is 5.32 Å². The number of benzene rings is 2. The van der Waals surface area contributed by atoms with Gasteiger partial charge in [-0.3, -0.25) is 24.4 Å². The summed E-state index contributed by atoms with van der Waals surface area (Å²) in [4.78, 5) is 38.4. The average Bonchev–Trinajstić information content (AvgIpc) is 3.60. The summed E-state index contributed by atoms with van der Waals surface area (Å²) in [5.74, 6) is -0.600. The fraction of sp³-hybridized carbons (Fsp3) is 0.269. The third-order valence-electron chi connectivity index (χ3n) is 6.78. The van der Waals surface area contributed by atoms with Crippen LogP contribution in [-0.4, -0.2) is 59.5 Å². The Balaban J connectivity index is 1.17. The molecular formula is C26H23Cl3N8O4. The first-order valence-corrected chi connectivity index (χ1v) is 13.7. The van der Waals surface area contributed by atoms with Crippen molar-refractivity contribution in [3.05, 3.63) is 85.2 Å². The second-order valence-electron chi connectivity index (χ2n) is 9.53. The molecule has 2 aromatic heterocycles. The molecule has 0 aliphatic carbocycles. The zero-order valence-electron chi connectivity index (χ0n) is 21.6. The van der Waals surface area contributed by atoms with Crippen LogP contribution >= 0.6 is 34.8 Å². The number of aromatic nitrogens is 5. The van der Waals surface area contributed by atoms with Gasteiger partial charge in [-0.1, -0.05) is 40.0 Å². The molecule has 0 spiro atoms. The number of hydrogen-bond acceptors (Lipinski definition) is 7. The van der Waals surface area contributed by atoms with Crippen LogP contribution in [-0.2, 0) is 18.4 Å². The molecule has 41 heavy (non-hydrogen) atoms. The highest BCUT2D eigenvalue weighted by Crippen LogP contribution is 2.31. The van der Waals surface area contributed by atoms with E-state index in [1.165, 1.54) is 27.6 Å². The van der Waals surface area contributed by atoms with E-state index in [1.807, 2.05) is 0 Å². The lowest BCUT2D eigenvalue weighted by atomic mass is 9.95. The number of carbonyl (C=O) groups is 2. The van der Waals surface area contributed by atoms with Crippen LogP contribution in [0.3, 0.4) is 0 Å². The van der Waals surface area contributed by atoms with E-state index in [-0.39, 0.29) is 30.0 Å². The van der Waals surface area contributed by atoms with E-state index in [4.69, 9.17) is 34.8 Å². The van der Waals surface area contributed by atoms with Crippen molar-refractivity contribution < 1.29 is 14.5 Å². The number of carbonyl (C=O) groups excluding carboxylic acids is 2. The number of likely N-dealkylation sites (tertiary alicyclic amines) is 1. The summed E-state index contributed by atoms with van der Waals surface area (Å²) in [7, 11) is 1.71. The molecule has 4 aromatic rings.